The fraction of sp³-hybridized carbons (Fsp3) is 0.250. The SMILES string of the molecule is CN1CCCCC1.c1ccc(-c2ccc(-c3ccccc3)cc2)cc1. The van der Waals surface area contributed by atoms with E-state index < -0.39 is 0 Å². The van der Waals surface area contributed by atoms with Crippen LogP contribution in [0.1, 0.15) is 19.3 Å². The molecule has 0 aromatic heterocycles. The summed E-state index contributed by atoms with van der Waals surface area (Å²) in [6.45, 7) is 2.64. The third-order valence-corrected chi connectivity index (χ3v) is 4.68. The van der Waals surface area contributed by atoms with Gasteiger partial charge in [-0.15, -0.1) is 0 Å². The Kier molecular flexibility index (Phi) is 6.42. The molecule has 0 bridgehead atoms. The van der Waals surface area contributed by atoms with Gasteiger partial charge in [-0.3, -0.25) is 0 Å². The second kappa shape index (κ2) is 9.19. The van der Waals surface area contributed by atoms with Crippen molar-refractivity contribution in [2.24, 2.45) is 0 Å². The van der Waals surface area contributed by atoms with Gasteiger partial charge in [0.15, 0.2) is 0 Å². The zero-order valence-corrected chi connectivity index (χ0v) is 15.1. The van der Waals surface area contributed by atoms with Crippen LogP contribution in [0.15, 0.2) is 84.9 Å². The predicted octanol–water partition coefficient (Wildman–Crippen LogP) is 6.12. The van der Waals surface area contributed by atoms with Gasteiger partial charge in [0.25, 0.3) is 0 Å². The second-order valence-corrected chi connectivity index (χ2v) is 6.67. The van der Waals surface area contributed by atoms with E-state index in [9.17, 15) is 0 Å². The number of piperidine rings is 1. The molecule has 1 fully saturated rings. The first-order valence-corrected chi connectivity index (χ1v) is 9.22. The summed E-state index contributed by atoms with van der Waals surface area (Å²) < 4.78 is 0. The first-order valence-electron chi connectivity index (χ1n) is 9.22. The Bertz CT molecular complexity index is 668. The van der Waals surface area contributed by atoms with Crippen LogP contribution in [0.25, 0.3) is 22.3 Å². The maximum absolute atomic E-state index is 2.39. The number of nitrogens with zero attached hydrogens (tertiary/aromatic N) is 1. The lowest BCUT2D eigenvalue weighted by molar-refractivity contribution is 0.277. The maximum atomic E-state index is 2.39. The molecule has 3 aromatic carbocycles. The van der Waals surface area contributed by atoms with Gasteiger partial charge in [-0.25, -0.2) is 0 Å². The Hall–Kier alpha value is -2.38. The van der Waals surface area contributed by atoms with E-state index in [0.717, 1.165) is 0 Å². The van der Waals surface area contributed by atoms with Crippen LogP contribution in [-0.2, 0) is 0 Å². The van der Waals surface area contributed by atoms with Crippen molar-refractivity contribution in [3.05, 3.63) is 84.9 Å². The first kappa shape index (κ1) is 17.4. The largest absolute Gasteiger partial charge is 0.306 e. The third-order valence-electron chi connectivity index (χ3n) is 4.68. The Balaban J connectivity index is 0.000000219. The molecule has 0 amide bonds. The Morgan fingerprint density at radius 2 is 0.840 bits per heavy atom. The van der Waals surface area contributed by atoms with Crippen LogP contribution in [-0.4, -0.2) is 25.0 Å². The van der Waals surface area contributed by atoms with Crippen LogP contribution in [0.5, 0.6) is 0 Å². The van der Waals surface area contributed by atoms with Crippen molar-refractivity contribution in [3.63, 3.8) is 0 Å². The molecule has 0 N–H and O–H groups in total. The molecule has 1 heteroatoms. The van der Waals surface area contributed by atoms with Gasteiger partial charge in [0.2, 0.25) is 0 Å². The molecule has 25 heavy (non-hydrogen) atoms. The van der Waals surface area contributed by atoms with E-state index in [2.05, 4.69) is 84.7 Å². The normalized spacial score (nSPS) is 14.4. The molecular weight excluding hydrogens is 302 g/mol. The smallest absolute Gasteiger partial charge is 0.00218 e. The van der Waals surface area contributed by atoms with Crippen molar-refractivity contribution in [1.82, 2.24) is 4.90 Å². The molecule has 4 rings (SSSR count). The van der Waals surface area contributed by atoms with Gasteiger partial charge in [0, 0.05) is 0 Å². The molecule has 1 saturated heterocycles. The van der Waals surface area contributed by atoms with Gasteiger partial charge in [0.05, 0.1) is 0 Å². The fourth-order valence-electron chi connectivity index (χ4n) is 3.17. The second-order valence-electron chi connectivity index (χ2n) is 6.67. The van der Waals surface area contributed by atoms with E-state index in [1.165, 1.54) is 54.6 Å². The van der Waals surface area contributed by atoms with Crippen LogP contribution in [0.4, 0.5) is 0 Å². The summed E-state index contributed by atoms with van der Waals surface area (Å²) in [7, 11) is 2.19. The monoisotopic (exact) mass is 329 g/mol. The van der Waals surface area contributed by atoms with E-state index in [4.69, 9.17) is 0 Å². The topological polar surface area (TPSA) is 3.24 Å². The molecule has 128 valence electrons. The number of hydrogen-bond donors (Lipinski definition) is 0. The fourth-order valence-corrected chi connectivity index (χ4v) is 3.17. The lowest BCUT2D eigenvalue weighted by Crippen LogP contribution is -2.24. The number of hydrogen-bond acceptors (Lipinski definition) is 1. The van der Waals surface area contributed by atoms with Gasteiger partial charge < -0.3 is 4.90 Å². The van der Waals surface area contributed by atoms with Crippen LogP contribution in [0.2, 0.25) is 0 Å². The highest BCUT2D eigenvalue weighted by Crippen LogP contribution is 2.24. The summed E-state index contributed by atoms with van der Waals surface area (Å²) in [6, 6.07) is 29.6. The number of likely N-dealkylation sites (tertiary alicyclic amines) is 1. The summed E-state index contributed by atoms with van der Waals surface area (Å²) >= 11 is 0. The highest BCUT2D eigenvalue weighted by atomic mass is 15.1. The van der Waals surface area contributed by atoms with E-state index in [1.807, 2.05) is 12.1 Å². The number of rotatable bonds is 2. The molecule has 0 atom stereocenters. The molecule has 1 nitrogen and oxygen atoms in total. The molecule has 3 aromatic rings. The van der Waals surface area contributed by atoms with Crippen molar-refractivity contribution in [3.8, 4) is 22.3 Å². The quantitative estimate of drug-likeness (QED) is 0.547. The highest BCUT2D eigenvalue weighted by molar-refractivity contribution is 5.70. The number of benzene rings is 3. The Morgan fingerprint density at radius 1 is 0.480 bits per heavy atom. The highest BCUT2D eigenvalue weighted by Gasteiger charge is 2.02. The Labute approximate surface area is 151 Å². The molecule has 0 radical (unpaired) electrons. The Morgan fingerprint density at radius 3 is 1.16 bits per heavy atom. The molecule has 1 aliphatic rings. The van der Waals surface area contributed by atoms with Gasteiger partial charge >= 0.3 is 0 Å². The summed E-state index contributed by atoms with van der Waals surface area (Å²) in [5, 5.41) is 0. The van der Waals surface area contributed by atoms with E-state index >= 15 is 0 Å². The third kappa shape index (κ3) is 5.30. The first-order chi connectivity index (χ1) is 12.3. The minimum Gasteiger partial charge on any atom is -0.306 e. The van der Waals surface area contributed by atoms with E-state index in [-0.39, 0.29) is 0 Å². The molecule has 1 aliphatic heterocycles. The van der Waals surface area contributed by atoms with Crippen molar-refractivity contribution < 1.29 is 0 Å². The van der Waals surface area contributed by atoms with Crippen molar-refractivity contribution >= 4 is 0 Å². The predicted molar refractivity (Wildman–Crippen MR) is 109 cm³/mol. The summed E-state index contributed by atoms with van der Waals surface area (Å²) in [4.78, 5) is 2.39. The lowest BCUT2D eigenvalue weighted by Gasteiger charge is -2.20. The zero-order valence-electron chi connectivity index (χ0n) is 15.1. The van der Waals surface area contributed by atoms with Crippen molar-refractivity contribution in [2.75, 3.05) is 20.1 Å². The van der Waals surface area contributed by atoms with Crippen LogP contribution < -0.4 is 0 Å². The van der Waals surface area contributed by atoms with Crippen molar-refractivity contribution in [2.45, 2.75) is 19.3 Å². The van der Waals surface area contributed by atoms with Gasteiger partial charge in [-0.2, -0.15) is 0 Å². The zero-order chi connectivity index (χ0) is 17.3. The van der Waals surface area contributed by atoms with Gasteiger partial charge in [-0.05, 0) is 55.2 Å². The summed E-state index contributed by atoms with van der Waals surface area (Å²) in [5.41, 5.74) is 5.04. The van der Waals surface area contributed by atoms with E-state index in [0.29, 0.717) is 0 Å². The van der Waals surface area contributed by atoms with Gasteiger partial charge in [-0.1, -0.05) is 91.3 Å². The molecular formula is C24H27N. The van der Waals surface area contributed by atoms with Crippen molar-refractivity contribution in [1.29, 1.82) is 0 Å². The van der Waals surface area contributed by atoms with Gasteiger partial charge in [0.1, 0.15) is 0 Å². The molecule has 1 heterocycles. The van der Waals surface area contributed by atoms with Crippen LogP contribution in [0, 0.1) is 0 Å². The maximum Gasteiger partial charge on any atom is -0.00218 e. The molecule has 0 unspecified atom stereocenters. The van der Waals surface area contributed by atoms with Crippen LogP contribution in [0.3, 0.4) is 0 Å². The molecule has 0 aliphatic carbocycles. The molecule has 0 saturated carbocycles. The average molecular weight is 329 g/mol. The van der Waals surface area contributed by atoms with Crippen LogP contribution >= 0.6 is 0 Å². The summed E-state index contributed by atoms with van der Waals surface area (Å²) in [5.74, 6) is 0. The standard InChI is InChI=1S/C18H14.C6H13N/c1-3-7-15(8-4-1)17-11-13-18(14-12-17)16-9-5-2-6-10-16;1-7-5-3-2-4-6-7/h1-14H;2-6H2,1H3. The van der Waals surface area contributed by atoms with E-state index in [1.54, 1.807) is 0 Å². The molecule has 0 spiro atoms. The minimum atomic E-state index is 1.26. The average Bonchev–Trinajstić information content (AvgIpc) is 2.71. The minimum absolute atomic E-state index is 1.26. The lowest BCUT2D eigenvalue weighted by atomic mass is 10.0. The summed E-state index contributed by atoms with van der Waals surface area (Å²) in [6.07, 6.45) is 4.28.